The van der Waals surface area contributed by atoms with Crippen LogP contribution in [0.1, 0.15) is 19.2 Å². The summed E-state index contributed by atoms with van der Waals surface area (Å²) in [4.78, 5) is 15.7. The minimum Gasteiger partial charge on any atom is -0.308 e. The van der Waals surface area contributed by atoms with Crippen molar-refractivity contribution in [2.45, 2.75) is 26.4 Å². The maximum Gasteiger partial charge on any atom is 0.250 e. The van der Waals surface area contributed by atoms with Gasteiger partial charge in [0.05, 0.1) is 6.54 Å². The van der Waals surface area contributed by atoms with Gasteiger partial charge in [0, 0.05) is 18.8 Å². The lowest BCUT2D eigenvalue weighted by Crippen LogP contribution is -2.20. The van der Waals surface area contributed by atoms with Crippen LogP contribution in [0, 0.1) is 0 Å². The fraction of sp³-hybridized carbons (Fsp3) is 0.364. The van der Waals surface area contributed by atoms with Crippen LogP contribution in [0.25, 0.3) is 0 Å². The molecule has 0 aliphatic heterocycles. The summed E-state index contributed by atoms with van der Waals surface area (Å²) in [5.74, 6) is 0.815. The first-order valence-electron chi connectivity index (χ1n) is 5.33. The summed E-state index contributed by atoms with van der Waals surface area (Å²) >= 11 is 0. The number of aromatic nitrogens is 4. The standard InChI is InChI=1S/C11H14N4O/c1-2-6-15-10(12-9-13-15)8-14-7-4-3-5-11(14)16/h3-5,7,9H,2,6,8H2,1H3. The lowest BCUT2D eigenvalue weighted by Gasteiger charge is -2.06. The van der Waals surface area contributed by atoms with E-state index in [9.17, 15) is 4.79 Å². The summed E-state index contributed by atoms with van der Waals surface area (Å²) < 4.78 is 3.45. The molecule has 0 saturated carbocycles. The monoisotopic (exact) mass is 218 g/mol. The Hall–Kier alpha value is -1.91. The van der Waals surface area contributed by atoms with E-state index in [4.69, 9.17) is 0 Å². The molecular formula is C11H14N4O. The number of hydrogen-bond donors (Lipinski definition) is 0. The first kappa shape index (κ1) is 10.6. The molecule has 2 heterocycles. The minimum atomic E-state index is -0.0199. The molecule has 2 rings (SSSR count). The molecule has 5 nitrogen and oxygen atoms in total. The highest BCUT2D eigenvalue weighted by Gasteiger charge is 2.04. The highest BCUT2D eigenvalue weighted by atomic mass is 16.1. The Morgan fingerprint density at radius 2 is 2.25 bits per heavy atom. The summed E-state index contributed by atoms with van der Waals surface area (Å²) in [7, 11) is 0. The Labute approximate surface area is 93.4 Å². The van der Waals surface area contributed by atoms with E-state index in [1.54, 1.807) is 22.9 Å². The largest absolute Gasteiger partial charge is 0.308 e. The van der Waals surface area contributed by atoms with E-state index in [0.717, 1.165) is 18.8 Å². The smallest absolute Gasteiger partial charge is 0.250 e. The molecule has 0 fully saturated rings. The van der Waals surface area contributed by atoms with Crippen LogP contribution < -0.4 is 5.56 Å². The number of pyridine rings is 1. The van der Waals surface area contributed by atoms with Gasteiger partial charge >= 0.3 is 0 Å². The molecule has 0 atom stereocenters. The lowest BCUT2D eigenvalue weighted by molar-refractivity contribution is 0.550. The van der Waals surface area contributed by atoms with Gasteiger partial charge in [-0.15, -0.1) is 0 Å². The van der Waals surface area contributed by atoms with E-state index in [0.29, 0.717) is 6.54 Å². The summed E-state index contributed by atoms with van der Waals surface area (Å²) in [5.41, 5.74) is -0.0199. The molecule has 0 bridgehead atoms. The van der Waals surface area contributed by atoms with Gasteiger partial charge in [0.15, 0.2) is 0 Å². The topological polar surface area (TPSA) is 52.7 Å². The minimum absolute atomic E-state index is 0.0199. The summed E-state index contributed by atoms with van der Waals surface area (Å²) in [5, 5.41) is 4.12. The van der Waals surface area contributed by atoms with Gasteiger partial charge in [-0.1, -0.05) is 13.0 Å². The predicted molar refractivity (Wildman–Crippen MR) is 60.1 cm³/mol. The third kappa shape index (κ3) is 2.18. The predicted octanol–water partition coefficient (Wildman–Crippen LogP) is 0.898. The summed E-state index contributed by atoms with van der Waals surface area (Å²) in [6, 6.07) is 5.11. The van der Waals surface area contributed by atoms with Crippen molar-refractivity contribution in [1.82, 2.24) is 19.3 Å². The zero-order valence-electron chi connectivity index (χ0n) is 9.21. The van der Waals surface area contributed by atoms with Crippen LogP contribution in [0.3, 0.4) is 0 Å². The van der Waals surface area contributed by atoms with E-state index in [1.165, 1.54) is 6.33 Å². The van der Waals surface area contributed by atoms with Gasteiger partial charge in [-0.3, -0.25) is 4.79 Å². The third-order valence-corrected chi connectivity index (χ3v) is 2.34. The van der Waals surface area contributed by atoms with Crippen LogP contribution in [-0.4, -0.2) is 19.3 Å². The molecule has 5 heteroatoms. The molecule has 0 aromatic carbocycles. The van der Waals surface area contributed by atoms with E-state index < -0.39 is 0 Å². The number of aryl methyl sites for hydroxylation is 1. The Kier molecular flexibility index (Phi) is 3.14. The average molecular weight is 218 g/mol. The highest BCUT2D eigenvalue weighted by molar-refractivity contribution is 4.96. The van der Waals surface area contributed by atoms with Crippen LogP contribution in [0.5, 0.6) is 0 Å². The molecule has 0 amide bonds. The third-order valence-electron chi connectivity index (χ3n) is 2.34. The van der Waals surface area contributed by atoms with Crippen molar-refractivity contribution in [2.75, 3.05) is 0 Å². The Morgan fingerprint density at radius 3 is 3.00 bits per heavy atom. The zero-order chi connectivity index (χ0) is 11.4. The van der Waals surface area contributed by atoms with Crippen LogP contribution in [0.4, 0.5) is 0 Å². The van der Waals surface area contributed by atoms with E-state index in [1.807, 2.05) is 10.7 Å². The van der Waals surface area contributed by atoms with Crippen LogP contribution in [-0.2, 0) is 13.1 Å². The van der Waals surface area contributed by atoms with E-state index in [-0.39, 0.29) is 5.56 Å². The van der Waals surface area contributed by atoms with Gasteiger partial charge in [0.1, 0.15) is 12.2 Å². The van der Waals surface area contributed by atoms with Crippen molar-refractivity contribution in [1.29, 1.82) is 0 Å². The van der Waals surface area contributed by atoms with Gasteiger partial charge in [-0.05, 0) is 12.5 Å². The molecule has 0 aliphatic rings. The second-order valence-corrected chi connectivity index (χ2v) is 3.57. The van der Waals surface area contributed by atoms with Crippen LogP contribution in [0.2, 0.25) is 0 Å². The fourth-order valence-corrected chi connectivity index (χ4v) is 1.55. The first-order valence-corrected chi connectivity index (χ1v) is 5.33. The molecule has 84 valence electrons. The molecule has 0 radical (unpaired) electrons. The Morgan fingerprint density at radius 1 is 1.38 bits per heavy atom. The first-order chi connectivity index (χ1) is 7.81. The number of hydrogen-bond acceptors (Lipinski definition) is 3. The molecule has 16 heavy (non-hydrogen) atoms. The van der Waals surface area contributed by atoms with Gasteiger partial charge in [0.25, 0.3) is 5.56 Å². The van der Waals surface area contributed by atoms with Gasteiger partial charge in [-0.2, -0.15) is 5.10 Å². The maximum atomic E-state index is 11.5. The Balaban J connectivity index is 2.24. The normalized spacial score (nSPS) is 10.6. The molecule has 0 unspecified atom stereocenters. The van der Waals surface area contributed by atoms with Crippen molar-refractivity contribution in [2.24, 2.45) is 0 Å². The molecule has 0 aliphatic carbocycles. The summed E-state index contributed by atoms with van der Waals surface area (Å²) in [6.45, 7) is 3.39. The second-order valence-electron chi connectivity index (χ2n) is 3.57. The van der Waals surface area contributed by atoms with Crippen LogP contribution in [0.15, 0.2) is 35.5 Å². The molecule has 2 aromatic heterocycles. The van der Waals surface area contributed by atoms with Gasteiger partial charge in [-0.25, -0.2) is 9.67 Å². The quantitative estimate of drug-likeness (QED) is 0.766. The fourth-order valence-electron chi connectivity index (χ4n) is 1.55. The number of rotatable bonds is 4. The SMILES string of the molecule is CCCn1ncnc1Cn1ccccc1=O. The van der Waals surface area contributed by atoms with Crippen molar-refractivity contribution in [3.8, 4) is 0 Å². The molecule has 0 saturated heterocycles. The second kappa shape index (κ2) is 4.74. The maximum absolute atomic E-state index is 11.5. The highest BCUT2D eigenvalue weighted by Crippen LogP contribution is 1.98. The van der Waals surface area contributed by atoms with Gasteiger partial charge in [0.2, 0.25) is 0 Å². The molecule has 2 aromatic rings. The molecule has 0 N–H and O–H groups in total. The summed E-state index contributed by atoms with van der Waals surface area (Å²) in [6.07, 6.45) is 4.28. The van der Waals surface area contributed by atoms with Gasteiger partial charge < -0.3 is 4.57 Å². The molecular weight excluding hydrogens is 204 g/mol. The van der Waals surface area contributed by atoms with Crippen molar-refractivity contribution < 1.29 is 0 Å². The average Bonchev–Trinajstić information content (AvgIpc) is 2.70. The zero-order valence-corrected chi connectivity index (χ0v) is 9.21. The van der Waals surface area contributed by atoms with Crippen LogP contribution >= 0.6 is 0 Å². The Bertz CT molecular complexity index is 514. The molecule has 0 spiro atoms. The number of nitrogens with zero attached hydrogens (tertiary/aromatic N) is 4. The van der Waals surface area contributed by atoms with Crippen molar-refractivity contribution in [3.05, 3.63) is 46.9 Å². The van der Waals surface area contributed by atoms with E-state index in [2.05, 4.69) is 17.0 Å². The lowest BCUT2D eigenvalue weighted by atomic mass is 10.4. The van der Waals surface area contributed by atoms with E-state index >= 15 is 0 Å². The van der Waals surface area contributed by atoms with Crippen molar-refractivity contribution in [3.63, 3.8) is 0 Å². The van der Waals surface area contributed by atoms with Crippen molar-refractivity contribution >= 4 is 0 Å².